The van der Waals surface area contributed by atoms with Gasteiger partial charge in [0.05, 0.1) is 30.0 Å². The first-order chi connectivity index (χ1) is 16.5. The number of hydrogen-bond donors (Lipinski definition) is 4. The maximum atomic E-state index is 13.3. The smallest absolute Gasteiger partial charge is 0.257 e. The zero-order valence-electron chi connectivity index (χ0n) is 19.1. The highest BCUT2D eigenvalue weighted by atomic mass is 16.5. The second-order valence-electron chi connectivity index (χ2n) is 8.60. The Kier molecular flexibility index (Phi) is 5.53. The Balaban J connectivity index is 1.46. The number of carbonyl (C=O) groups is 1. The van der Waals surface area contributed by atoms with E-state index in [2.05, 4.69) is 20.6 Å². The van der Waals surface area contributed by atoms with Crippen LogP contribution in [0, 0.1) is 5.41 Å². The molecule has 2 aromatic carbocycles. The fraction of sp³-hybridized carbons (Fsp3) is 0.280. The fourth-order valence-electron chi connectivity index (χ4n) is 4.37. The van der Waals surface area contributed by atoms with Crippen molar-refractivity contribution < 1.29 is 9.53 Å². The number of nitrogens with one attached hydrogen (secondary N) is 3. The molecule has 0 bridgehead atoms. The summed E-state index contributed by atoms with van der Waals surface area (Å²) in [6, 6.07) is 14.8. The molecule has 1 aliphatic heterocycles. The predicted molar refractivity (Wildman–Crippen MR) is 131 cm³/mol. The molecule has 174 valence electrons. The van der Waals surface area contributed by atoms with Crippen LogP contribution >= 0.6 is 0 Å². The van der Waals surface area contributed by atoms with Crippen LogP contribution in [0.1, 0.15) is 41.3 Å². The van der Waals surface area contributed by atoms with Crippen molar-refractivity contribution in [2.75, 3.05) is 23.5 Å². The molecule has 0 saturated heterocycles. The molecule has 2 atom stereocenters. The highest BCUT2D eigenvalue weighted by Crippen LogP contribution is 2.36. The zero-order valence-corrected chi connectivity index (χ0v) is 19.1. The van der Waals surface area contributed by atoms with Crippen LogP contribution in [0.15, 0.2) is 54.9 Å². The molecule has 5 N–H and O–H groups in total. The van der Waals surface area contributed by atoms with Crippen molar-refractivity contribution in [2.45, 2.75) is 38.0 Å². The molecule has 9 heteroatoms. The molecule has 1 saturated carbocycles. The Bertz CT molecular complexity index is 1260. The average Bonchev–Trinajstić information content (AvgIpc) is 3.69. The molecule has 1 aliphatic carbocycles. The van der Waals surface area contributed by atoms with Crippen LogP contribution in [0.4, 0.5) is 17.3 Å². The summed E-state index contributed by atoms with van der Waals surface area (Å²) < 4.78 is 5.30. The number of methoxy groups -OCH3 is 1. The first kappa shape index (κ1) is 21.7. The van der Waals surface area contributed by atoms with E-state index in [4.69, 9.17) is 15.9 Å². The van der Waals surface area contributed by atoms with E-state index in [-0.39, 0.29) is 35.7 Å². The molecule has 34 heavy (non-hydrogen) atoms. The lowest BCUT2D eigenvalue weighted by atomic mass is 10.0. The number of aromatic nitrogens is 2. The second kappa shape index (κ2) is 8.66. The van der Waals surface area contributed by atoms with Crippen molar-refractivity contribution in [3.05, 3.63) is 71.5 Å². The van der Waals surface area contributed by atoms with Gasteiger partial charge in [-0.15, -0.1) is 0 Å². The van der Waals surface area contributed by atoms with E-state index in [1.807, 2.05) is 54.3 Å². The molecule has 5 rings (SSSR count). The number of nitrogen functional groups attached to an aromatic ring is 1. The van der Waals surface area contributed by atoms with Crippen molar-refractivity contribution >= 4 is 28.9 Å². The minimum atomic E-state index is -0.287. The van der Waals surface area contributed by atoms with Gasteiger partial charge >= 0.3 is 0 Å². The number of anilines is 3. The maximum Gasteiger partial charge on any atom is 0.257 e. The summed E-state index contributed by atoms with van der Waals surface area (Å²) in [5, 5.41) is 15.8. The van der Waals surface area contributed by atoms with Crippen LogP contribution in [0.3, 0.4) is 0 Å². The molecule has 0 radical (unpaired) electrons. The molecule has 2 unspecified atom stereocenters. The molecule has 1 fully saturated rings. The number of rotatable bonds is 7. The standard InChI is InChI=1S/C25H27N7O2/c1-14(24-31-19-9-4-3-8-18(19)25(33)32(24)16-10-11-16)30-23-20(22(27)28-13-29-23)21(26)15-6-5-7-17(12-15)34-2/h3-9,12-14,16,24,26,31H,10-11H2,1-2H3,(H3,27,28,29,30). The van der Waals surface area contributed by atoms with Gasteiger partial charge in [0.1, 0.15) is 29.9 Å². The molecule has 9 nitrogen and oxygen atoms in total. The largest absolute Gasteiger partial charge is 0.497 e. The summed E-state index contributed by atoms with van der Waals surface area (Å²) in [7, 11) is 1.58. The van der Waals surface area contributed by atoms with E-state index in [1.165, 1.54) is 6.33 Å². The lowest BCUT2D eigenvalue weighted by Crippen LogP contribution is -2.56. The van der Waals surface area contributed by atoms with Gasteiger partial charge < -0.3 is 26.0 Å². The summed E-state index contributed by atoms with van der Waals surface area (Å²) in [4.78, 5) is 23.8. The number of nitrogens with two attached hydrogens (primary N) is 1. The third kappa shape index (κ3) is 3.89. The average molecular weight is 458 g/mol. The van der Waals surface area contributed by atoms with Crippen molar-refractivity contribution in [1.82, 2.24) is 14.9 Å². The number of carbonyl (C=O) groups excluding carboxylic acids is 1. The first-order valence-corrected chi connectivity index (χ1v) is 11.3. The highest BCUT2D eigenvalue weighted by molar-refractivity contribution is 6.16. The number of benzene rings is 2. The summed E-state index contributed by atoms with van der Waals surface area (Å²) >= 11 is 0. The topological polar surface area (TPSA) is 129 Å². The van der Waals surface area contributed by atoms with Gasteiger partial charge in [-0.1, -0.05) is 24.3 Å². The van der Waals surface area contributed by atoms with Crippen molar-refractivity contribution in [2.24, 2.45) is 0 Å². The van der Waals surface area contributed by atoms with Gasteiger partial charge in [-0.2, -0.15) is 0 Å². The predicted octanol–water partition coefficient (Wildman–Crippen LogP) is 3.34. The lowest BCUT2D eigenvalue weighted by molar-refractivity contribution is 0.0653. The van der Waals surface area contributed by atoms with Gasteiger partial charge in [0.25, 0.3) is 5.91 Å². The lowest BCUT2D eigenvalue weighted by Gasteiger charge is -2.41. The SMILES string of the molecule is COc1cccc(C(=N)c2c(N)ncnc2NC(C)C2Nc3ccccc3C(=O)N2C2CC2)c1. The van der Waals surface area contributed by atoms with Gasteiger partial charge in [0, 0.05) is 17.3 Å². The Morgan fingerprint density at radius 2 is 2.03 bits per heavy atom. The van der Waals surface area contributed by atoms with Gasteiger partial charge in [0.15, 0.2) is 0 Å². The molecular formula is C25H27N7O2. The Morgan fingerprint density at radius 3 is 2.79 bits per heavy atom. The Hall–Kier alpha value is -4.14. The summed E-state index contributed by atoms with van der Waals surface area (Å²) in [5.74, 6) is 1.32. The second-order valence-corrected chi connectivity index (χ2v) is 8.60. The van der Waals surface area contributed by atoms with Crippen LogP contribution in [-0.4, -0.2) is 51.8 Å². The van der Waals surface area contributed by atoms with Crippen LogP contribution in [0.2, 0.25) is 0 Å². The van der Waals surface area contributed by atoms with E-state index < -0.39 is 0 Å². The number of fused-ring (bicyclic) bond motifs is 1. The van der Waals surface area contributed by atoms with Gasteiger partial charge in [-0.05, 0) is 44.0 Å². The first-order valence-electron chi connectivity index (χ1n) is 11.3. The Morgan fingerprint density at radius 1 is 1.24 bits per heavy atom. The molecule has 0 spiro atoms. The number of nitrogens with zero attached hydrogens (tertiary/aromatic N) is 3. The monoisotopic (exact) mass is 457 g/mol. The number of ether oxygens (including phenoxy) is 1. The van der Waals surface area contributed by atoms with E-state index >= 15 is 0 Å². The van der Waals surface area contributed by atoms with Gasteiger partial charge in [-0.25, -0.2) is 9.97 Å². The zero-order chi connectivity index (χ0) is 23.8. The van der Waals surface area contributed by atoms with E-state index in [1.54, 1.807) is 13.2 Å². The van der Waals surface area contributed by atoms with Crippen LogP contribution in [-0.2, 0) is 0 Å². The number of para-hydroxylation sites is 1. The Labute approximate surface area is 197 Å². The highest BCUT2D eigenvalue weighted by Gasteiger charge is 2.43. The summed E-state index contributed by atoms with van der Waals surface area (Å²) in [5.41, 5.74) is 8.94. The van der Waals surface area contributed by atoms with E-state index in [0.717, 1.165) is 18.5 Å². The third-order valence-corrected chi connectivity index (χ3v) is 6.26. The fourth-order valence-corrected chi connectivity index (χ4v) is 4.37. The summed E-state index contributed by atoms with van der Waals surface area (Å²) in [6.07, 6.45) is 3.07. The molecule has 1 amide bonds. The molecule has 2 heterocycles. The number of amides is 1. The molecule has 1 aromatic heterocycles. The molecule has 3 aromatic rings. The normalized spacial score (nSPS) is 18.0. The minimum Gasteiger partial charge on any atom is -0.497 e. The third-order valence-electron chi connectivity index (χ3n) is 6.26. The molecular weight excluding hydrogens is 430 g/mol. The van der Waals surface area contributed by atoms with Crippen molar-refractivity contribution in [3.63, 3.8) is 0 Å². The number of hydrogen-bond acceptors (Lipinski definition) is 8. The van der Waals surface area contributed by atoms with Gasteiger partial charge in [-0.3, -0.25) is 10.2 Å². The summed E-state index contributed by atoms with van der Waals surface area (Å²) in [6.45, 7) is 1.99. The minimum absolute atomic E-state index is 0.0297. The molecule has 2 aliphatic rings. The van der Waals surface area contributed by atoms with Crippen LogP contribution in [0.25, 0.3) is 0 Å². The van der Waals surface area contributed by atoms with Crippen molar-refractivity contribution in [1.29, 1.82) is 5.41 Å². The van der Waals surface area contributed by atoms with Crippen molar-refractivity contribution in [3.8, 4) is 5.75 Å². The quantitative estimate of drug-likeness (QED) is 0.401. The van der Waals surface area contributed by atoms with Crippen LogP contribution in [0.5, 0.6) is 5.75 Å². The van der Waals surface area contributed by atoms with Crippen LogP contribution < -0.4 is 21.1 Å². The van der Waals surface area contributed by atoms with E-state index in [0.29, 0.717) is 28.3 Å². The maximum absolute atomic E-state index is 13.3. The van der Waals surface area contributed by atoms with Gasteiger partial charge in [0.2, 0.25) is 0 Å². The van der Waals surface area contributed by atoms with E-state index in [9.17, 15) is 4.79 Å².